The SMILES string of the molecule is Cn1c(C(F)(F)F)nc2c(C3CCC(F)(F)CC3)nc(Cl)nc2c1=O. The van der Waals surface area contributed by atoms with E-state index >= 15 is 0 Å². The van der Waals surface area contributed by atoms with Gasteiger partial charge < -0.3 is 0 Å². The maximum atomic E-state index is 13.3. The van der Waals surface area contributed by atoms with Crippen molar-refractivity contribution in [3.05, 3.63) is 27.2 Å². The van der Waals surface area contributed by atoms with Crippen LogP contribution in [0.3, 0.4) is 0 Å². The summed E-state index contributed by atoms with van der Waals surface area (Å²) in [7, 11) is 0.925. The molecule has 0 bridgehead atoms. The van der Waals surface area contributed by atoms with E-state index in [0.717, 1.165) is 7.05 Å². The van der Waals surface area contributed by atoms with E-state index in [9.17, 15) is 26.7 Å². The van der Waals surface area contributed by atoms with Gasteiger partial charge in [0.05, 0.1) is 5.69 Å². The third kappa shape index (κ3) is 3.31. The van der Waals surface area contributed by atoms with Crippen LogP contribution in [0.1, 0.15) is 43.1 Å². The molecule has 0 aliphatic heterocycles. The summed E-state index contributed by atoms with van der Waals surface area (Å²) in [6, 6.07) is 0. The second kappa shape index (κ2) is 5.86. The van der Waals surface area contributed by atoms with Crippen LogP contribution in [0, 0.1) is 0 Å². The van der Waals surface area contributed by atoms with Crippen molar-refractivity contribution in [2.75, 3.05) is 0 Å². The van der Waals surface area contributed by atoms with Crippen LogP contribution in [0.4, 0.5) is 22.0 Å². The van der Waals surface area contributed by atoms with Crippen molar-refractivity contribution >= 4 is 22.6 Å². The van der Waals surface area contributed by atoms with Crippen LogP contribution >= 0.6 is 11.6 Å². The molecular weight excluding hydrogens is 371 g/mol. The van der Waals surface area contributed by atoms with E-state index in [-0.39, 0.29) is 34.9 Å². The van der Waals surface area contributed by atoms with E-state index in [1.807, 2.05) is 0 Å². The summed E-state index contributed by atoms with van der Waals surface area (Å²) in [6.07, 6.45) is -5.69. The minimum Gasteiger partial charge on any atom is -0.290 e. The highest BCUT2D eigenvalue weighted by atomic mass is 35.5. The molecule has 136 valence electrons. The smallest absolute Gasteiger partial charge is 0.290 e. The third-order valence-electron chi connectivity index (χ3n) is 4.28. The molecule has 0 aromatic carbocycles. The van der Waals surface area contributed by atoms with Crippen molar-refractivity contribution < 1.29 is 22.0 Å². The average molecular weight is 383 g/mol. The lowest BCUT2D eigenvalue weighted by Gasteiger charge is -2.28. The van der Waals surface area contributed by atoms with E-state index in [1.54, 1.807) is 0 Å². The van der Waals surface area contributed by atoms with Crippen LogP contribution in [0.5, 0.6) is 0 Å². The summed E-state index contributed by atoms with van der Waals surface area (Å²) >= 11 is 5.78. The molecule has 1 fully saturated rings. The fraction of sp³-hybridized carbons (Fsp3) is 0.571. The summed E-state index contributed by atoms with van der Waals surface area (Å²) in [5.41, 5.74) is -1.71. The lowest BCUT2D eigenvalue weighted by atomic mass is 9.84. The Morgan fingerprint density at radius 1 is 1.12 bits per heavy atom. The molecule has 11 heteroatoms. The second-order valence-electron chi connectivity index (χ2n) is 6.00. The number of nitrogens with zero attached hydrogens (tertiary/aromatic N) is 4. The zero-order valence-corrected chi connectivity index (χ0v) is 13.6. The van der Waals surface area contributed by atoms with Gasteiger partial charge in [-0.2, -0.15) is 13.2 Å². The molecule has 2 aromatic heterocycles. The molecule has 0 atom stereocenters. The van der Waals surface area contributed by atoms with Gasteiger partial charge in [-0.1, -0.05) is 0 Å². The fourth-order valence-corrected chi connectivity index (χ4v) is 3.17. The van der Waals surface area contributed by atoms with Gasteiger partial charge in [0.1, 0.15) is 5.52 Å². The maximum Gasteiger partial charge on any atom is 0.449 e. The van der Waals surface area contributed by atoms with Crippen LogP contribution in [0.25, 0.3) is 11.0 Å². The fourth-order valence-electron chi connectivity index (χ4n) is 2.99. The number of fused-ring (bicyclic) bond motifs is 1. The Hall–Kier alpha value is -1.84. The first-order valence-electron chi connectivity index (χ1n) is 7.39. The molecule has 25 heavy (non-hydrogen) atoms. The number of rotatable bonds is 1. The van der Waals surface area contributed by atoms with Crippen molar-refractivity contribution in [2.24, 2.45) is 7.05 Å². The van der Waals surface area contributed by atoms with Gasteiger partial charge in [-0.3, -0.25) is 9.36 Å². The molecule has 0 N–H and O–H groups in total. The number of hydrogen-bond acceptors (Lipinski definition) is 4. The van der Waals surface area contributed by atoms with Crippen LogP contribution < -0.4 is 5.56 Å². The summed E-state index contributed by atoms with van der Waals surface area (Å²) in [6.45, 7) is 0. The molecule has 1 aliphatic carbocycles. The predicted octanol–water partition coefficient (Wildman–Crippen LogP) is 3.69. The highest BCUT2D eigenvalue weighted by molar-refractivity contribution is 6.28. The first kappa shape index (κ1) is 18.0. The van der Waals surface area contributed by atoms with E-state index in [4.69, 9.17) is 11.6 Å². The number of alkyl halides is 5. The molecule has 3 rings (SSSR count). The van der Waals surface area contributed by atoms with Gasteiger partial charge in [0.15, 0.2) is 5.52 Å². The number of aromatic nitrogens is 4. The van der Waals surface area contributed by atoms with Crippen molar-refractivity contribution in [2.45, 2.75) is 43.7 Å². The Kier molecular flexibility index (Phi) is 4.21. The zero-order valence-electron chi connectivity index (χ0n) is 12.9. The molecule has 1 aliphatic rings. The van der Waals surface area contributed by atoms with Gasteiger partial charge in [0.2, 0.25) is 17.0 Å². The van der Waals surface area contributed by atoms with Gasteiger partial charge >= 0.3 is 6.18 Å². The molecule has 0 radical (unpaired) electrons. The molecule has 0 amide bonds. The van der Waals surface area contributed by atoms with Gasteiger partial charge in [0.25, 0.3) is 5.56 Å². The average Bonchev–Trinajstić information content (AvgIpc) is 2.49. The normalized spacial score (nSPS) is 18.7. The van der Waals surface area contributed by atoms with Gasteiger partial charge in [-0.15, -0.1) is 0 Å². The highest BCUT2D eigenvalue weighted by Crippen LogP contribution is 2.41. The summed E-state index contributed by atoms with van der Waals surface area (Å²) in [4.78, 5) is 23.4. The van der Waals surface area contributed by atoms with E-state index in [0.29, 0.717) is 4.57 Å². The minimum absolute atomic E-state index is 0.00762. The summed E-state index contributed by atoms with van der Waals surface area (Å²) in [5.74, 6) is -4.79. The number of halogens is 6. The molecule has 1 saturated carbocycles. The standard InChI is InChI=1S/C14H12ClF5N4O/c1-24-10(25)9-8(21-11(24)14(18,19)20)7(22-12(15)23-9)6-2-4-13(16,17)5-3-6/h6H,2-5H2,1H3. The molecule has 0 spiro atoms. The van der Waals surface area contributed by atoms with Crippen molar-refractivity contribution in [1.82, 2.24) is 19.5 Å². The second-order valence-corrected chi connectivity index (χ2v) is 6.34. The maximum absolute atomic E-state index is 13.3. The molecule has 0 unspecified atom stereocenters. The van der Waals surface area contributed by atoms with Gasteiger partial charge in [-0.25, -0.2) is 23.7 Å². The Balaban J connectivity index is 2.22. The Morgan fingerprint density at radius 3 is 2.28 bits per heavy atom. The third-order valence-corrected chi connectivity index (χ3v) is 4.45. The zero-order chi connectivity index (χ0) is 18.6. The Bertz CT molecular complexity index is 885. The molecule has 5 nitrogen and oxygen atoms in total. The topological polar surface area (TPSA) is 60.7 Å². The molecular formula is C14H12ClF5N4O. The molecule has 0 saturated heterocycles. The summed E-state index contributed by atoms with van der Waals surface area (Å²) < 4.78 is 66.4. The molecule has 2 aromatic rings. The van der Waals surface area contributed by atoms with Crippen LogP contribution in [-0.2, 0) is 13.2 Å². The lowest BCUT2D eigenvalue weighted by Crippen LogP contribution is -2.29. The van der Waals surface area contributed by atoms with Crippen LogP contribution in [0.15, 0.2) is 4.79 Å². The quantitative estimate of drug-likeness (QED) is 0.557. The van der Waals surface area contributed by atoms with Crippen molar-refractivity contribution in [1.29, 1.82) is 0 Å². The largest absolute Gasteiger partial charge is 0.449 e. The minimum atomic E-state index is -4.86. The molecule has 2 heterocycles. The van der Waals surface area contributed by atoms with Crippen LogP contribution in [0.2, 0.25) is 5.28 Å². The Labute approximate surface area is 142 Å². The monoisotopic (exact) mass is 382 g/mol. The first-order chi connectivity index (χ1) is 11.5. The lowest BCUT2D eigenvalue weighted by molar-refractivity contribution is -0.147. The van der Waals surface area contributed by atoms with Crippen molar-refractivity contribution in [3.63, 3.8) is 0 Å². The number of hydrogen-bond donors (Lipinski definition) is 0. The van der Waals surface area contributed by atoms with Crippen molar-refractivity contribution in [3.8, 4) is 0 Å². The first-order valence-corrected chi connectivity index (χ1v) is 7.76. The van der Waals surface area contributed by atoms with Gasteiger partial charge in [-0.05, 0) is 24.4 Å². The highest BCUT2D eigenvalue weighted by Gasteiger charge is 2.39. The van der Waals surface area contributed by atoms with E-state index in [1.165, 1.54) is 0 Å². The van der Waals surface area contributed by atoms with Crippen LogP contribution in [-0.4, -0.2) is 25.4 Å². The predicted molar refractivity (Wildman–Crippen MR) is 78.7 cm³/mol. The van der Waals surface area contributed by atoms with E-state index < -0.39 is 42.2 Å². The van der Waals surface area contributed by atoms with E-state index in [2.05, 4.69) is 15.0 Å². The Morgan fingerprint density at radius 2 is 1.72 bits per heavy atom. The summed E-state index contributed by atoms with van der Waals surface area (Å²) in [5, 5.41) is -0.335. The van der Waals surface area contributed by atoms with Gasteiger partial charge in [0, 0.05) is 25.8 Å².